The van der Waals surface area contributed by atoms with Gasteiger partial charge in [-0.3, -0.25) is 9.59 Å². The van der Waals surface area contributed by atoms with Crippen LogP contribution in [0.15, 0.2) is 0 Å². The second kappa shape index (κ2) is 5.32. The molecule has 0 aromatic carbocycles. The van der Waals surface area contributed by atoms with E-state index in [1.54, 1.807) is 0 Å². The molecule has 0 aliphatic carbocycles. The topological polar surface area (TPSA) is 46.6 Å². The standard InChI is InChI=1S/C12H21NO3/c1-8(2)13-7-10(6-11(13)14)5-9(3)12(15)16-4/h8-10H,5-7H2,1-4H3/t9?,10-/m0/s1. The van der Waals surface area contributed by atoms with E-state index in [-0.39, 0.29) is 23.8 Å². The summed E-state index contributed by atoms with van der Waals surface area (Å²) in [6.07, 6.45) is 1.31. The normalized spacial score (nSPS) is 22.7. The fourth-order valence-electron chi connectivity index (χ4n) is 2.26. The van der Waals surface area contributed by atoms with E-state index in [0.717, 1.165) is 13.0 Å². The number of methoxy groups -OCH3 is 1. The molecule has 1 aliphatic rings. The minimum atomic E-state index is -0.185. The zero-order chi connectivity index (χ0) is 12.3. The average molecular weight is 227 g/mol. The number of esters is 1. The highest BCUT2D eigenvalue weighted by molar-refractivity contribution is 5.79. The van der Waals surface area contributed by atoms with Crippen molar-refractivity contribution in [3.63, 3.8) is 0 Å². The number of amides is 1. The van der Waals surface area contributed by atoms with Gasteiger partial charge in [0.1, 0.15) is 0 Å². The van der Waals surface area contributed by atoms with Gasteiger partial charge in [-0.15, -0.1) is 0 Å². The second-order valence-electron chi connectivity index (χ2n) is 4.87. The largest absolute Gasteiger partial charge is 0.469 e. The lowest BCUT2D eigenvalue weighted by molar-refractivity contribution is -0.145. The fraction of sp³-hybridized carbons (Fsp3) is 0.833. The third kappa shape index (κ3) is 2.97. The van der Waals surface area contributed by atoms with Crippen LogP contribution in [0.4, 0.5) is 0 Å². The van der Waals surface area contributed by atoms with Crippen LogP contribution in [0.25, 0.3) is 0 Å². The predicted octanol–water partition coefficient (Wildman–Crippen LogP) is 1.44. The van der Waals surface area contributed by atoms with Gasteiger partial charge in [0.2, 0.25) is 5.91 Å². The Balaban J connectivity index is 2.47. The predicted molar refractivity (Wildman–Crippen MR) is 60.8 cm³/mol. The van der Waals surface area contributed by atoms with Crippen LogP contribution >= 0.6 is 0 Å². The smallest absolute Gasteiger partial charge is 0.308 e. The molecule has 0 aromatic heterocycles. The highest BCUT2D eigenvalue weighted by Crippen LogP contribution is 2.26. The number of hydrogen-bond acceptors (Lipinski definition) is 3. The van der Waals surface area contributed by atoms with Crippen LogP contribution in [0.5, 0.6) is 0 Å². The van der Waals surface area contributed by atoms with E-state index in [4.69, 9.17) is 0 Å². The Labute approximate surface area is 96.9 Å². The summed E-state index contributed by atoms with van der Waals surface area (Å²) in [5.74, 6) is 0.200. The lowest BCUT2D eigenvalue weighted by Gasteiger charge is -2.21. The minimum Gasteiger partial charge on any atom is -0.469 e. The molecule has 0 saturated carbocycles. The molecular weight excluding hydrogens is 206 g/mol. The van der Waals surface area contributed by atoms with Crippen LogP contribution in [-0.4, -0.2) is 36.5 Å². The maximum atomic E-state index is 11.7. The van der Waals surface area contributed by atoms with Gasteiger partial charge in [0.05, 0.1) is 13.0 Å². The van der Waals surface area contributed by atoms with Gasteiger partial charge in [-0.25, -0.2) is 0 Å². The SMILES string of the molecule is COC(=O)C(C)C[C@H]1CC(=O)N(C(C)C)C1. The van der Waals surface area contributed by atoms with Crippen LogP contribution in [-0.2, 0) is 14.3 Å². The Kier molecular flexibility index (Phi) is 4.33. The maximum Gasteiger partial charge on any atom is 0.308 e. The molecule has 4 nitrogen and oxygen atoms in total. The van der Waals surface area contributed by atoms with Gasteiger partial charge in [0.25, 0.3) is 0 Å². The van der Waals surface area contributed by atoms with Crippen molar-refractivity contribution in [2.45, 2.75) is 39.7 Å². The Morgan fingerprint density at radius 2 is 2.12 bits per heavy atom. The summed E-state index contributed by atoms with van der Waals surface area (Å²) in [4.78, 5) is 24.8. The molecule has 1 unspecified atom stereocenters. The van der Waals surface area contributed by atoms with Gasteiger partial charge < -0.3 is 9.64 Å². The molecule has 0 aromatic rings. The molecule has 1 saturated heterocycles. The molecule has 92 valence electrons. The first-order valence-corrected chi connectivity index (χ1v) is 5.83. The molecule has 1 fully saturated rings. The van der Waals surface area contributed by atoms with Gasteiger partial charge in [0.15, 0.2) is 0 Å². The number of rotatable bonds is 4. The van der Waals surface area contributed by atoms with E-state index in [1.807, 2.05) is 25.7 Å². The second-order valence-corrected chi connectivity index (χ2v) is 4.87. The van der Waals surface area contributed by atoms with Gasteiger partial charge in [-0.2, -0.15) is 0 Å². The molecular formula is C12H21NO3. The average Bonchev–Trinajstić information content (AvgIpc) is 2.58. The molecule has 0 bridgehead atoms. The van der Waals surface area contributed by atoms with Gasteiger partial charge in [0, 0.05) is 19.0 Å². The summed E-state index contributed by atoms with van der Waals surface area (Å²) in [7, 11) is 1.40. The van der Waals surface area contributed by atoms with Crippen molar-refractivity contribution in [1.29, 1.82) is 0 Å². The first-order chi connectivity index (χ1) is 7.45. The van der Waals surface area contributed by atoms with Crippen molar-refractivity contribution >= 4 is 11.9 Å². The van der Waals surface area contributed by atoms with Crippen LogP contribution in [0.3, 0.4) is 0 Å². The summed E-state index contributed by atoms with van der Waals surface area (Å²) < 4.78 is 4.69. The summed E-state index contributed by atoms with van der Waals surface area (Å²) >= 11 is 0. The first-order valence-electron chi connectivity index (χ1n) is 5.83. The van der Waals surface area contributed by atoms with Crippen LogP contribution in [0, 0.1) is 11.8 Å². The van der Waals surface area contributed by atoms with Crippen molar-refractivity contribution in [2.24, 2.45) is 11.8 Å². The molecule has 0 spiro atoms. The van der Waals surface area contributed by atoms with Crippen LogP contribution < -0.4 is 0 Å². The van der Waals surface area contributed by atoms with Gasteiger partial charge in [-0.1, -0.05) is 6.92 Å². The molecule has 16 heavy (non-hydrogen) atoms. The number of carbonyl (C=O) groups excluding carboxylic acids is 2. The summed E-state index contributed by atoms with van der Waals surface area (Å²) in [6, 6.07) is 0.255. The number of carbonyl (C=O) groups is 2. The number of hydrogen-bond donors (Lipinski definition) is 0. The van der Waals surface area contributed by atoms with Crippen molar-refractivity contribution in [2.75, 3.05) is 13.7 Å². The zero-order valence-electron chi connectivity index (χ0n) is 10.5. The third-order valence-electron chi connectivity index (χ3n) is 3.15. The first kappa shape index (κ1) is 13.0. The Bertz CT molecular complexity index is 275. The van der Waals surface area contributed by atoms with E-state index in [2.05, 4.69) is 4.74 Å². The van der Waals surface area contributed by atoms with Crippen molar-refractivity contribution in [3.8, 4) is 0 Å². The summed E-state index contributed by atoms with van der Waals surface area (Å²) in [5.41, 5.74) is 0. The van der Waals surface area contributed by atoms with E-state index in [1.165, 1.54) is 7.11 Å². The molecule has 0 N–H and O–H groups in total. The zero-order valence-corrected chi connectivity index (χ0v) is 10.5. The van der Waals surface area contributed by atoms with Crippen molar-refractivity contribution in [3.05, 3.63) is 0 Å². The van der Waals surface area contributed by atoms with E-state index < -0.39 is 0 Å². The highest BCUT2D eigenvalue weighted by Gasteiger charge is 2.33. The minimum absolute atomic E-state index is 0.116. The molecule has 1 aliphatic heterocycles. The molecule has 1 heterocycles. The lowest BCUT2D eigenvalue weighted by Crippen LogP contribution is -2.32. The van der Waals surface area contributed by atoms with Gasteiger partial charge in [-0.05, 0) is 26.2 Å². The highest BCUT2D eigenvalue weighted by atomic mass is 16.5. The summed E-state index contributed by atoms with van der Waals surface area (Å²) in [5, 5.41) is 0. The van der Waals surface area contributed by atoms with Gasteiger partial charge >= 0.3 is 5.97 Å². The van der Waals surface area contributed by atoms with Crippen LogP contribution in [0.2, 0.25) is 0 Å². The number of ether oxygens (including phenoxy) is 1. The number of nitrogens with zero attached hydrogens (tertiary/aromatic N) is 1. The van der Waals surface area contributed by atoms with Crippen LogP contribution in [0.1, 0.15) is 33.6 Å². The number of likely N-dealkylation sites (tertiary alicyclic amines) is 1. The fourth-order valence-corrected chi connectivity index (χ4v) is 2.26. The van der Waals surface area contributed by atoms with Crippen molar-refractivity contribution in [1.82, 2.24) is 4.90 Å². The Morgan fingerprint density at radius 3 is 2.56 bits per heavy atom. The molecule has 2 atom stereocenters. The maximum absolute atomic E-state index is 11.7. The Hall–Kier alpha value is -1.06. The van der Waals surface area contributed by atoms with E-state index in [9.17, 15) is 9.59 Å². The Morgan fingerprint density at radius 1 is 1.50 bits per heavy atom. The summed E-state index contributed by atoms with van der Waals surface area (Å²) in [6.45, 7) is 6.67. The molecule has 4 heteroatoms. The van der Waals surface area contributed by atoms with E-state index >= 15 is 0 Å². The van der Waals surface area contributed by atoms with E-state index in [0.29, 0.717) is 12.3 Å². The molecule has 1 amide bonds. The quantitative estimate of drug-likeness (QED) is 0.683. The molecule has 1 rings (SSSR count). The molecule has 0 radical (unpaired) electrons. The third-order valence-corrected chi connectivity index (χ3v) is 3.15. The van der Waals surface area contributed by atoms with Crippen molar-refractivity contribution < 1.29 is 14.3 Å². The lowest BCUT2D eigenvalue weighted by atomic mass is 9.95. The monoisotopic (exact) mass is 227 g/mol.